The van der Waals surface area contributed by atoms with E-state index in [1.165, 1.54) is 0 Å². The fraction of sp³-hybridized carbons (Fsp3) is 0.111. The number of aromatic nitrogens is 5. The molecule has 0 saturated carbocycles. The second kappa shape index (κ2) is 7.16. The highest BCUT2D eigenvalue weighted by molar-refractivity contribution is 5.85. The Bertz CT molecular complexity index is 993. The second-order valence-corrected chi connectivity index (χ2v) is 5.59. The number of aromatic amines is 2. The largest absolute Gasteiger partial charge is 0.345 e. The Balaban J connectivity index is 0.00000182. The topological polar surface area (TPSA) is 94.0 Å². The van der Waals surface area contributed by atoms with Gasteiger partial charge in [-0.1, -0.05) is 12.1 Å². The summed E-state index contributed by atoms with van der Waals surface area (Å²) in [5.74, 6) is 1.78. The van der Waals surface area contributed by atoms with Crippen LogP contribution in [0.4, 0.5) is 0 Å². The average Bonchev–Trinajstić information content (AvgIpc) is 3.22. The summed E-state index contributed by atoms with van der Waals surface area (Å²) < 4.78 is 0. The van der Waals surface area contributed by atoms with E-state index >= 15 is 0 Å². The molecule has 4 aromatic rings. The van der Waals surface area contributed by atoms with Crippen molar-refractivity contribution in [3.8, 4) is 6.07 Å². The third-order valence-corrected chi connectivity index (χ3v) is 3.83. The van der Waals surface area contributed by atoms with Gasteiger partial charge in [-0.25, -0.2) is 9.97 Å². The number of pyridine rings is 1. The van der Waals surface area contributed by atoms with Crippen molar-refractivity contribution in [1.82, 2.24) is 24.9 Å². The lowest BCUT2D eigenvalue weighted by atomic mass is 10.1. The van der Waals surface area contributed by atoms with E-state index in [1.54, 1.807) is 12.4 Å². The molecule has 0 spiro atoms. The molecule has 7 heteroatoms. The van der Waals surface area contributed by atoms with E-state index in [0.717, 1.165) is 33.9 Å². The molecule has 0 atom stereocenters. The third kappa shape index (κ3) is 3.67. The van der Waals surface area contributed by atoms with Gasteiger partial charge in [-0.15, -0.1) is 12.4 Å². The van der Waals surface area contributed by atoms with Crippen LogP contribution in [-0.2, 0) is 12.8 Å². The lowest BCUT2D eigenvalue weighted by molar-refractivity contribution is 0.967. The van der Waals surface area contributed by atoms with Gasteiger partial charge in [-0.2, -0.15) is 5.26 Å². The number of imidazole rings is 2. The van der Waals surface area contributed by atoms with E-state index in [2.05, 4.69) is 31.0 Å². The van der Waals surface area contributed by atoms with Crippen LogP contribution in [0.15, 0.2) is 48.9 Å². The summed E-state index contributed by atoms with van der Waals surface area (Å²) in [7, 11) is 0. The molecule has 4 rings (SSSR count). The van der Waals surface area contributed by atoms with Crippen LogP contribution < -0.4 is 0 Å². The minimum absolute atomic E-state index is 0. The number of rotatable bonds is 4. The predicted molar refractivity (Wildman–Crippen MR) is 96.5 cm³/mol. The van der Waals surface area contributed by atoms with Crippen LogP contribution in [0, 0.1) is 11.3 Å². The third-order valence-electron chi connectivity index (χ3n) is 3.83. The van der Waals surface area contributed by atoms with E-state index in [4.69, 9.17) is 5.26 Å². The van der Waals surface area contributed by atoms with Gasteiger partial charge in [0.2, 0.25) is 0 Å². The smallest absolute Gasteiger partial charge is 0.113 e. The molecule has 0 unspecified atom stereocenters. The van der Waals surface area contributed by atoms with Crippen LogP contribution in [0.25, 0.3) is 11.0 Å². The summed E-state index contributed by atoms with van der Waals surface area (Å²) in [4.78, 5) is 19.6. The molecule has 0 fully saturated rings. The summed E-state index contributed by atoms with van der Waals surface area (Å²) in [6, 6.07) is 11.6. The first-order valence-electron chi connectivity index (χ1n) is 7.60. The lowest BCUT2D eigenvalue weighted by Gasteiger charge is -1.98. The Morgan fingerprint density at radius 2 is 1.80 bits per heavy atom. The SMILES string of the molecule is Cl.N#Cc1ccc(Cc2ncc(Cc3nc4cnccc4[nH]3)[nH]2)cc1. The van der Waals surface area contributed by atoms with Crippen LogP contribution in [-0.4, -0.2) is 24.9 Å². The van der Waals surface area contributed by atoms with Crippen molar-refractivity contribution in [2.24, 2.45) is 0 Å². The molecule has 0 amide bonds. The number of nitrogens with zero attached hydrogens (tertiary/aromatic N) is 4. The van der Waals surface area contributed by atoms with Crippen molar-refractivity contribution < 1.29 is 0 Å². The van der Waals surface area contributed by atoms with Gasteiger partial charge in [0.05, 0.1) is 23.3 Å². The summed E-state index contributed by atoms with van der Waals surface area (Å²) in [5.41, 5.74) is 4.63. The maximum atomic E-state index is 8.83. The molecule has 0 saturated heterocycles. The average molecular weight is 351 g/mol. The lowest BCUT2D eigenvalue weighted by Crippen LogP contribution is -1.93. The van der Waals surface area contributed by atoms with Crippen molar-refractivity contribution in [1.29, 1.82) is 5.26 Å². The van der Waals surface area contributed by atoms with E-state index in [1.807, 2.05) is 36.5 Å². The van der Waals surface area contributed by atoms with Gasteiger partial charge in [0.25, 0.3) is 0 Å². The zero-order valence-corrected chi connectivity index (χ0v) is 14.0. The predicted octanol–water partition coefficient (Wildman–Crippen LogP) is 3.16. The fourth-order valence-corrected chi connectivity index (χ4v) is 2.65. The normalized spacial score (nSPS) is 10.4. The summed E-state index contributed by atoms with van der Waals surface area (Å²) in [5, 5.41) is 8.83. The van der Waals surface area contributed by atoms with Crippen molar-refractivity contribution in [2.75, 3.05) is 0 Å². The fourth-order valence-electron chi connectivity index (χ4n) is 2.65. The number of nitriles is 1. The Labute approximate surface area is 150 Å². The summed E-state index contributed by atoms with van der Waals surface area (Å²) >= 11 is 0. The molecule has 3 heterocycles. The molecule has 0 aliphatic rings. The van der Waals surface area contributed by atoms with E-state index in [0.29, 0.717) is 18.4 Å². The number of fused-ring (bicyclic) bond motifs is 1. The van der Waals surface area contributed by atoms with Crippen LogP contribution in [0.1, 0.15) is 28.5 Å². The molecular weight excluding hydrogens is 336 g/mol. The number of H-pyrrole nitrogens is 2. The summed E-state index contributed by atoms with van der Waals surface area (Å²) in [6.45, 7) is 0. The van der Waals surface area contributed by atoms with Crippen LogP contribution in [0.2, 0.25) is 0 Å². The van der Waals surface area contributed by atoms with Gasteiger partial charge >= 0.3 is 0 Å². The Morgan fingerprint density at radius 3 is 2.56 bits per heavy atom. The summed E-state index contributed by atoms with van der Waals surface area (Å²) in [6.07, 6.45) is 6.70. The number of hydrogen-bond acceptors (Lipinski definition) is 4. The first kappa shape index (κ1) is 16.7. The highest BCUT2D eigenvalue weighted by Gasteiger charge is 2.07. The van der Waals surface area contributed by atoms with Crippen molar-refractivity contribution in [2.45, 2.75) is 12.8 Å². The molecule has 1 aromatic carbocycles. The minimum Gasteiger partial charge on any atom is -0.345 e. The van der Waals surface area contributed by atoms with E-state index in [-0.39, 0.29) is 12.4 Å². The number of benzene rings is 1. The van der Waals surface area contributed by atoms with E-state index < -0.39 is 0 Å². The zero-order valence-electron chi connectivity index (χ0n) is 13.2. The van der Waals surface area contributed by atoms with Crippen molar-refractivity contribution in [3.63, 3.8) is 0 Å². The monoisotopic (exact) mass is 350 g/mol. The van der Waals surface area contributed by atoms with Gasteiger partial charge in [0.1, 0.15) is 17.2 Å². The zero-order chi connectivity index (χ0) is 16.4. The maximum absolute atomic E-state index is 8.83. The van der Waals surface area contributed by atoms with Gasteiger partial charge in [-0.3, -0.25) is 4.98 Å². The second-order valence-electron chi connectivity index (χ2n) is 5.59. The van der Waals surface area contributed by atoms with Crippen molar-refractivity contribution >= 4 is 23.4 Å². The van der Waals surface area contributed by atoms with Gasteiger partial charge in [-0.05, 0) is 23.8 Å². The van der Waals surface area contributed by atoms with Crippen LogP contribution in [0.5, 0.6) is 0 Å². The Kier molecular flexibility index (Phi) is 4.78. The maximum Gasteiger partial charge on any atom is 0.113 e. The molecule has 3 aromatic heterocycles. The first-order chi connectivity index (χ1) is 11.8. The van der Waals surface area contributed by atoms with Gasteiger partial charge in [0, 0.05) is 30.9 Å². The van der Waals surface area contributed by atoms with Gasteiger partial charge in [0.15, 0.2) is 0 Å². The molecule has 25 heavy (non-hydrogen) atoms. The molecule has 0 radical (unpaired) electrons. The van der Waals surface area contributed by atoms with E-state index in [9.17, 15) is 0 Å². The molecule has 6 nitrogen and oxygen atoms in total. The number of halogens is 1. The highest BCUT2D eigenvalue weighted by Crippen LogP contribution is 2.13. The quantitative estimate of drug-likeness (QED) is 0.591. The molecule has 0 bridgehead atoms. The van der Waals surface area contributed by atoms with Gasteiger partial charge < -0.3 is 9.97 Å². The highest BCUT2D eigenvalue weighted by atomic mass is 35.5. The molecule has 2 N–H and O–H groups in total. The first-order valence-corrected chi connectivity index (χ1v) is 7.60. The molecule has 0 aliphatic heterocycles. The number of nitrogens with one attached hydrogen (secondary N) is 2. The van der Waals surface area contributed by atoms with Crippen LogP contribution in [0.3, 0.4) is 0 Å². The Hall–Kier alpha value is -3.17. The van der Waals surface area contributed by atoms with Crippen molar-refractivity contribution in [3.05, 3.63) is 77.4 Å². The standard InChI is InChI=1S/C18H14N6.ClH/c19-9-13-3-1-12(2-4-13)7-17-21-10-14(22-17)8-18-23-15-5-6-20-11-16(15)24-18;/h1-6,10-11H,7-8H2,(H,21,22)(H,23,24);1H. The number of hydrogen-bond donors (Lipinski definition) is 2. The minimum atomic E-state index is 0. The Morgan fingerprint density at radius 1 is 0.960 bits per heavy atom. The molecule has 124 valence electrons. The molecule has 0 aliphatic carbocycles. The van der Waals surface area contributed by atoms with Crippen LogP contribution >= 0.6 is 12.4 Å². The molecular formula is C18H15ClN6.